The first kappa shape index (κ1) is 15.0. The number of halogens is 1. The minimum absolute atomic E-state index is 0.161. The molecule has 0 atom stereocenters. The zero-order valence-electron chi connectivity index (χ0n) is 12.2. The maximum atomic E-state index is 14.1. The molecule has 108 valence electrons. The first-order chi connectivity index (χ1) is 9.72. The van der Waals surface area contributed by atoms with Gasteiger partial charge in [0.05, 0.1) is 6.54 Å². The van der Waals surface area contributed by atoms with Crippen molar-refractivity contribution in [2.24, 2.45) is 11.7 Å². The van der Waals surface area contributed by atoms with Gasteiger partial charge in [-0.15, -0.1) is 0 Å². The Morgan fingerprint density at radius 3 is 2.80 bits per heavy atom. The summed E-state index contributed by atoms with van der Waals surface area (Å²) in [5, 5.41) is 0. The molecule has 0 spiro atoms. The summed E-state index contributed by atoms with van der Waals surface area (Å²) in [7, 11) is 0. The number of nitrogens with zero attached hydrogens (tertiary/aromatic N) is 1. The molecular weight excluding hydrogens is 251 g/mol. The van der Waals surface area contributed by atoms with Crippen LogP contribution < -0.4 is 5.73 Å². The quantitative estimate of drug-likeness (QED) is 0.808. The summed E-state index contributed by atoms with van der Waals surface area (Å²) in [4.78, 5) is 2.36. The summed E-state index contributed by atoms with van der Waals surface area (Å²) in [6, 6.07) is 5.24. The van der Waals surface area contributed by atoms with E-state index in [0.717, 1.165) is 31.0 Å². The Morgan fingerprint density at radius 2 is 2.20 bits per heavy atom. The van der Waals surface area contributed by atoms with E-state index < -0.39 is 0 Å². The predicted octanol–water partition coefficient (Wildman–Crippen LogP) is 2.76. The molecule has 1 fully saturated rings. The average Bonchev–Trinajstić information content (AvgIpc) is 3.23. The Labute approximate surface area is 121 Å². The van der Waals surface area contributed by atoms with E-state index >= 15 is 0 Å². The van der Waals surface area contributed by atoms with E-state index in [1.54, 1.807) is 0 Å². The van der Waals surface area contributed by atoms with Gasteiger partial charge in [-0.2, -0.15) is 0 Å². The number of hydrogen-bond donors (Lipinski definition) is 1. The van der Waals surface area contributed by atoms with Crippen molar-refractivity contribution in [3.8, 4) is 11.8 Å². The predicted molar refractivity (Wildman–Crippen MR) is 80.6 cm³/mol. The van der Waals surface area contributed by atoms with Crippen LogP contribution in [-0.4, -0.2) is 24.5 Å². The smallest absolute Gasteiger partial charge is 0.128 e. The number of rotatable bonds is 6. The van der Waals surface area contributed by atoms with E-state index in [0.29, 0.717) is 18.7 Å². The Balaban J connectivity index is 2.02. The monoisotopic (exact) mass is 274 g/mol. The Kier molecular flexibility index (Phi) is 5.58. The van der Waals surface area contributed by atoms with E-state index in [-0.39, 0.29) is 5.82 Å². The molecule has 20 heavy (non-hydrogen) atoms. The van der Waals surface area contributed by atoms with Crippen molar-refractivity contribution in [3.05, 3.63) is 35.1 Å². The molecule has 0 amide bonds. The second kappa shape index (κ2) is 7.42. The van der Waals surface area contributed by atoms with Gasteiger partial charge >= 0.3 is 0 Å². The molecule has 1 aromatic rings. The molecular formula is C17H23FN2. The van der Waals surface area contributed by atoms with E-state index in [1.807, 2.05) is 12.1 Å². The van der Waals surface area contributed by atoms with Gasteiger partial charge in [0.1, 0.15) is 5.82 Å². The van der Waals surface area contributed by atoms with Gasteiger partial charge in [-0.05, 0) is 43.9 Å². The molecule has 0 saturated heterocycles. The van der Waals surface area contributed by atoms with E-state index in [9.17, 15) is 4.39 Å². The molecule has 1 aliphatic carbocycles. The van der Waals surface area contributed by atoms with Crippen molar-refractivity contribution in [2.45, 2.75) is 32.7 Å². The lowest BCUT2D eigenvalue weighted by Gasteiger charge is -2.21. The van der Waals surface area contributed by atoms with Crippen molar-refractivity contribution in [1.29, 1.82) is 0 Å². The molecule has 3 heteroatoms. The molecule has 0 unspecified atom stereocenters. The summed E-state index contributed by atoms with van der Waals surface area (Å²) in [6.45, 7) is 5.30. The van der Waals surface area contributed by atoms with Gasteiger partial charge in [-0.3, -0.25) is 4.90 Å². The van der Waals surface area contributed by atoms with Crippen LogP contribution in [0.1, 0.15) is 37.3 Å². The summed E-state index contributed by atoms with van der Waals surface area (Å²) in [6.07, 6.45) is 3.76. The van der Waals surface area contributed by atoms with Gasteiger partial charge in [0.2, 0.25) is 0 Å². The van der Waals surface area contributed by atoms with Crippen LogP contribution in [0.2, 0.25) is 0 Å². The van der Waals surface area contributed by atoms with Crippen LogP contribution in [0.4, 0.5) is 4.39 Å². The Bertz CT molecular complexity index is 497. The molecule has 2 rings (SSSR count). The number of nitrogens with two attached hydrogens (primary N) is 1. The zero-order chi connectivity index (χ0) is 14.4. The Hall–Kier alpha value is -1.37. The van der Waals surface area contributed by atoms with E-state index in [1.165, 1.54) is 18.9 Å². The highest BCUT2D eigenvalue weighted by Gasteiger charge is 2.24. The average molecular weight is 274 g/mol. The summed E-state index contributed by atoms with van der Waals surface area (Å²) >= 11 is 0. The van der Waals surface area contributed by atoms with Crippen LogP contribution in [0.25, 0.3) is 0 Å². The third kappa shape index (κ3) is 4.63. The normalized spacial score (nSPS) is 14.2. The summed E-state index contributed by atoms with van der Waals surface area (Å²) in [5.41, 5.74) is 6.78. The first-order valence-corrected chi connectivity index (χ1v) is 7.42. The maximum absolute atomic E-state index is 14.1. The fourth-order valence-electron chi connectivity index (χ4n) is 2.36. The van der Waals surface area contributed by atoms with Crippen molar-refractivity contribution in [2.75, 3.05) is 19.6 Å². The van der Waals surface area contributed by atoms with Crippen molar-refractivity contribution < 1.29 is 4.39 Å². The minimum Gasteiger partial charge on any atom is -0.320 e. The van der Waals surface area contributed by atoms with Crippen LogP contribution in [0, 0.1) is 23.6 Å². The first-order valence-electron chi connectivity index (χ1n) is 7.42. The maximum Gasteiger partial charge on any atom is 0.128 e. The van der Waals surface area contributed by atoms with Crippen molar-refractivity contribution in [1.82, 2.24) is 4.90 Å². The van der Waals surface area contributed by atoms with Crippen LogP contribution in [0.3, 0.4) is 0 Å². The lowest BCUT2D eigenvalue weighted by molar-refractivity contribution is 0.251. The molecule has 1 aromatic carbocycles. The highest BCUT2D eigenvalue weighted by Crippen LogP contribution is 2.30. The van der Waals surface area contributed by atoms with Crippen LogP contribution in [-0.2, 0) is 6.54 Å². The van der Waals surface area contributed by atoms with Gasteiger partial charge < -0.3 is 5.73 Å². The van der Waals surface area contributed by atoms with Crippen LogP contribution in [0.15, 0.2) is 18.2 Å². The molecule has 0 aliphatic heterocycles. The van der Waals surface area contributed by atoms with Crippen molar-refractivity contribution in [3.63, 3.8) is 0 Å². The van der Waals surface area contributed by atoms with E-state index in [2.05, 4.69) is 23.7 Å². The van der Waals surface area contributed by atoms with E-state index in [4.69, 9.17) is 5.73 Å². The molecule has 0 bridgehead atoms. The second-order valence-corrected chi connectivity index (χ2v) is 5.49. The number of hydrogen-bond acceptors (Lipinski definition) is 2. The van der Waals surface area contributed by atoms with Gasteiger partial charge in [-0.1, -0.05) is 24.8 Å². The van der Waals surface area contributed by atoms with Gasteiger partial charge in [0.25, 0.3) is 0 Å². The largest absolute Gasteiger partial charge is 0.320 e. The summed E-state index contributed by atoms with van der Waals surface area (Å²) in [5.74, 6) is 6.28. The third-order valence-corrected chi connectivity index (χ3v) is 3.53. The molecule has 0 radical (unpaired) electrons. The number of benzene rings is 1. The van der Waals surface area contributed by atoms with Gasteiger partial charge in [0.15, 0.2) is 0 Å². The Morgan fingerprint density at radius 1 is 1.40 bits per heavy atom. The fraction of sp³-hybridized carbons (Fsp3) is 0.529. The highest BCUT2D eigenvalue weighted by molar-refractivity contribution is 5.37. The molecule has 1 aliphatic rings. The van der Waals surface area contributed by atoms with Crippen molar-refractivity contribution >= 4 is 0 Å². The fourth-order valence-corrected chi connectivity index (χ4v) is 2.36. The molecule has 0 heterocycles. The third-order valence-electron chi connectivity index (χ3n) is 3.53. The molecule has 2 nitrogen and oxygen atoms in total. The lowest BCUT2D eigenvalue weighted by atomic mass is 10.1. The SMILES string of the molecule is CCCN(Cc1ccc(C#CCN)cc1F)CC1CC1. The molecule has 2 N–H and O–H groups in total. The standard InChI is InChI=1S/C17H23FN2/c1-2-10-20(12-15-5-6-15)13-16-8-7-14(4-3-9-19)11-17(16)18/h7-8,11,15H,2,5-6,9-10,12-13,19H2,1H3. The van der Waals surface area contributed by atoms with Gasteiger partial charge in [0, 0.05) is 24.2 Å². The van der Waals surface area contributed by atoms with Gasteiger partial charge in [-0.25, -0.2) is 4.39 Å². The molecule has 0 aromatic heterocycles. The lowest BCUT2D eigenvalue weighted by Crippen LogP contribution is -2.26. The van der Waals surface area contributed by atoms with Crippen LogP contribution in [0.5, 0.6) is 0 Å². The topological polar surface area (TPSA) is 29.3 Å². The minimum atomic E-state index is -0.161. The summed E-state index contributed by atoms with van der Waals surface area (Å²) < 4.78 is 14.1. The van der Waals surface area contributed by atoms with Crippen LogP contribution >= 0.6 is 0 Å². The zero-order valence-corrected chi connectivity index (χ0v) is 12.2. The second-order valence-electron chi connectivity index (χ2n) is 5.49. The highest BCUT2D eigenvalue weighted by atomic mass is 19.1. The molecule has 1 saturated carbocycles.